The fourth-order valence-corrected chi connectivity index (χ4v) is 5.85. The highest BCUT2D eigenvalue weighted by Crippen LogP contribution is 2.48. The van der Waals surface area contributed by atoms with Gasteiger partial charge in [0.25, 0.3) is 6.43 Å². The van der Waals surface area contributed by atoms with Crippen molar-refractivity contribution in [2.75, 3.05) is 17.2 Å². The van der Waals surface area contributed by atoms with E-state index >= 15 is 0 Å². The van der Waals surface area contributed by atoms with E-state index in [0.717, 1.165) is 15.8 Å². The Bertz CT molecular complexity index is 1890. The quantitative estimate of drug-likeness (QED) is 0.209. The van der Waals surface area contributed by atoms with Crippen molar-refractivity contribution in [2.45, 2.75) is 51.6 Å². The number of nitrogens with one attached hydrogen (secondary N) is 2. The highest BCUT2D eigenvalue weighted by Gasteiger charge is 2.54. The Morgan fingerprint density at radius 1 is 1.12 bits per heavy atom. The number of alkyl halides is 2. The second kappa shape index (κ2) is 10.3. The highest BCUT2D eigenvalue weighted by molar-refractivity contribution is 7.17. The number of hydrogen-bond donors (Lipinski definition) is 2. The molecule has 1 fully saturated rings. The topological polar surface area (TPSA) is 128 Å². The maximum absolute atomic E-state index is 13.9. The standard InChI is InChI=1S/C30H27F2N9S/c1-29(2,3)15-36-25-18(12-34)13-35-24-17(11-33)9-19(10-21(24)25)38-26(20-5-4-6-22-27(20)42-16-37-22)23-14-41(40-39-23)30(7-8-30)28(31)32/h4-6,9-10,13-14,16,26,28,38H,7-8,15H2,1-3H3,(H,35,36)/t26-/m0/s1. The van der Waals surface area contributed by atoms with Gasteiger partial charge in [-0.1, -0.05) is 38.1 Å². The fourth-order valence-electron chi connectivity index (χ4n) is 5.02. The first kappa shape index (κ1) is 27.5. The molecule has 1 aliphatic rings. The van der Waals surface area contributed by atoms with Crippen LogP contribution in [0.4, 0.5) is 20.2 Å². The predicted molar refractivity (Wildman–Crippen MR) is 157 cm³/mol. The van der Waals surface area contributed by atoms with Crippen LogP contribution in [0.3, 0.4) is 0 Å². The molecule has 2 aromatic carbocycles. The Kier molecular flexibility index (Phi) is 6.74. The summed E-state index contributed by atoms with van der Waals surface area (Å²) in [5.41, 5.74) is 4.79. The zero-order valence-corrected chi connectivity index (χ0v) is 24.0. The molecule has 1 saturated carbocycles. The summed E-state index contributed by atoms with van der Waals surface area (Å²) in [6.07, 6.45) is 1.18. The van der Waals surface area contributed by atoms with Gasteiger partial charge in [-0.2, -0.15) is 10.5 Å². The Hall–Kier alpha value is -4.68. The first-order valence-electron chi connectivity index (χ1n) is 13.4. The normalized spacial score (nSPS) is 15.0. The van der Waals surface area contributed by atoms with Gasteiger partial charge in [-0.3, -0.25) is 4.98 Å². The van der Waals surface area contributed by atoms with Gasteiger partial charge in [0.15, 0.2) is 0 Å². The molecule has 6 rings (SSSR count). The lowest BCUT2D eigenvalue weighted by Gasteiger charge is -2.22. The second-order valence-corrected chi connectivity index (χ2v) is 12.6. The van der Waals surface area contributed by atoms with Gasteiger partial charge >= 0.3 is 0 Å². The molecule has 3 aromatic heterocycles. The number of pyridine rings is 1. The Balaban J connectivity index is 1.49. The molecule has 2 N–H and O–H groups in total. The molecular formula is C30H27F2N9S. The van der Waals surface area contributed by atoms with Crippen LogP contribution in [-0.2, 0) is 5.54 Å². The second-order valence-electron chi connectivity index (χ2n) is 11.7. The molecule has 42 heavy (non-hydrogen) atoms. The van der Waals surface area contributed by atoms with E-state index in [2.05, 4.69) is 63.8 Å². The van der Waals surface area contributed by atoms with Gasteiger partial charge in [0, 0.05) is 23.8 Å². The largest absolute Gasteiger partial charge is 0.383 e. The van der Waals surface area contributed by atoms with Crippen LogP contribution in [0.25, 0.3) is 21.1 Å². The SMILES string of the molecule is CC(C)(C)CNc1c(C#N)cnc2c(C#N)cc(N[C@H](c3cn(C4(C(F)F)CC4)nn3)c3cccc4ncsc34)cc12. The first-order valence-corrected chi connectivity index (χ1v) is 14.3. The average molecular weight is 584 g/mol. The maximum atomic E-state index is 13.9. The first-order chi connectivity index (χ1) is 20.1. The monoisotopic (exact) mass is 583 g/mol. The third-order valence-electron chi connectivity index (χ3n) is 7.45. The van der Waals surface area contributed by atoms with Gasteiger partial charge in [0.05, 0.1) is 50.3 Å². The van der Waals surface area contributed by atoms with Crippen molar-refractivity contribution in [3.8, 4) is 12.1 Å². The van der Waals surface area contributed by atoms with Crippen molar-refractivity contribution in [3.63, 3.8) is 0 Å². The molecule has 0 aliphatic heterocycles. The third kappa shape index (κ3) is 4.88. The van der Waals surface area contributed by atoms with Crippen molar-refractivity contribution in [2.24, 2.45) is 5.41 Å². The molecule has 0 spiro atoms. The van der Waals surface area contributed by atoms with Crippen molar-refractivity contribution < 1.29 is 8.78 Å². The summed E-state index contributed by atoms with van der Waals surface area (Å²) in [4.78, 5) is 8.88. The summed E-state index contributed by atoms with van der Waals surface area (Å²) in [6, 6.07) is 13.1. The number of fused-ring (bicyclic) bond motifs is 2. The van der Waals surface area contributed by atoms with E-state index in [1.54, 1.807) is 17.8 Å². The van der Waals surface area contributed by atoms with Gasteiger partial charge in [0.2, 0.25) is 0 Å². The number of anilines is 2. The van der Waals surface area contributed by atoms with Crippen LogP contribution in [0.1, 0.15) is 62.0 Å². The summed E-state index contributed by atoms with van der Waals surface area (Å²) < 4.78 is 30.0. The molecule has 0 radical (unpaired) electrons. The van der Waals surface area contributed by atoms with Crippen molar-refractivity contribution >= 4 is 43.8 Å². The molecule has 3 heterocycles. The lowest BCUT2D eigenvalue weighted by Crippen LogP contribution is -2.26. The molecule has 0 bridgehead atoms. The van der Waals surface area contributed by atoms with E-state index in [1.807, 2.05) is 24.3 Å². The van der Waals surface area contributed by atoms with Crippen molar-refractivity contribution in [3.05, 3.63) is 70.6 Å². The number of nitrogens with zero attached hydrogens (tertiary/aromatic N) is 7. The van der Waals surface area contributed by atoms with Crippen LogP contribution in [0.15, 0.2) is 48.2 Å². The van der Waals surface area contributed by atoms with Crippen LogP contribution in [0.2, 0.25) is 0 Å². The zero-order chi connectivity index (χ0) is 29.6. The van der Waals surface area contributed by atoms with E-state index < -0.39 is 18.0 Å². The number of nitriles is 2. The molecule has 9 nitrogen and oxygen atoms in total. The summed E-state index contributed by atoms with van der Waals surface area (Å²) in [7, 11) is 0. The van der Waals surface area contributed by atoms with Crippen LogP contribution in [0.5, 0.6) is 0 Å². The number of rotatable bonds is 8. The lowest BCUT2D eigenvalue weighted by molar-refractivity contribution is 0.0593. The van der Waals surface area contributed by atoms with Gasteiger partial charge in [-0.05, 0) is 42.0 Å². The minimum atomic E-state index is -2.55. The Labute approximate surface area is 244 Å². The molecule has 0 unspecified atom stereocenters. The molecule has 212 valence electrons. The van der Waals surface area contributed by atoms with E-state index in [1.165, 1.54) is 22.2 Å². The van der Waals surface area contributed by atoms with Gasteiger partial charge < -0.3 is 10.6 Å². The summed E-state index contributed by atoms with van der Waals surface area (Å²) in [5, 5.41) is 35.9. The smallest absolute Gasteiger partial charge is 0.263 e. The molecule has 1 aliphatic carbocycles. The Morgan fingerprint density at radius 3 is 2.60 bits per heavy atom. The van der Waals surface area contributed by atoms with Gasteiger partial charge in [-0.25, -0.2) is 18.4 Å². The highest BCUT2D eigenvalue weighted by atomic mass is 32.1. The van der Waals surface area contributed by atoms with Crippen LogP contribution in [0, 0.1) is 28.1 Å². The van der Waals surface area contributed by atoms with E-state index in [0.29, 0.717) is 58.5 Å². The third-order valence-corrected chi connectivity index (χ3v) is 8.34. The summed E-state index contributed by atoms with van der Waals surface area (Å²) >= 11 is 1.47. The number of aromatic nitrogens is 5. The molecule has 1 atom stereocenters. The van der Waals surface area contributed by atoms with E-state index in [4.69, 9.17) is 0 Å². The maximum Gasteiger partial charge on any atom is 0.263 e. The molecular weight excluding hydrogens is 556 g/mol. The average Bonchev–Trinajstić information content (AvgIpc) is 3.39. The van der Waals surface area contributed by atoms with E-state index in [-0.39, 0.29) is 5.41 Å². The van der Waals surface area contributed by atoms with E-state index in [9.17, 15) is 19.3 Å². The van der Waals surface area contributed by atoms with Crippen LogP contribution < -0.4 is 10.6 Å². The lowest BCUT2D eigenvalue weighted by atomic mass is 9.96. The van der Waals surface area contributed by atoms with Crippen LogP contribution in [-0.4, -0.2) is 37.9 Å². The molecule has 0 amide bonds. The zero-order valence-electron chi connectivity index (χ0n) is 23.2. The summed E-state index contributed by atoms with van der Waals surface area (Å²) in [6.45, 7) is 6.84. The minimum absolute atomic E-state index is 0.0717. The number of hydrogen-bond acceptors (Lipinski definition) is 9. The number of halogens is 2. The number of thiazole rings is 1. The molecule has 5 aromatic rings. The fraction of sp³-hybridized carbons (Fsp3) is 0.333. The Morgan fingerprint density at radius 2 is 1.90 bits per heavy atom. The van der Waals surface area contributed by atoms with Crippen molar-refractivity contribution in [1.29, 1.82) is 10.5 Å². The summed E-state index contributed by atoms with van der Waals surface area (Å²) in [5.74, 6) is 0. The van der Waals surface area contributed by atoms with Crippen LogP contribution >= 0.6 is 11.3 Å². The van der Waals surface area contributed by atoms with Crippen molar-refractivity contribution in [1.82, 2.24) is 25.0 Å². The van der Waals surface area contributed by atoms with Gasteiger partial charge in [-0.15, -0.1) is 16.4 Å². The number of benzene rings is 2. The molecule has 12 heteroatoms. The molecule has 0 saturated heterocycles. The van der Waals surface area contributed by atoms with Gasteiger partial charge in [0.1, 0.15) is 23.4 Å². The minimum Gasteiger partial charge on any atom is -0.383 e. The predicted octanol–water partition coefficient (Wildman–Crippen LogP) is 6.59.